The van der Waals surface area contributed by atoms with E-state index in [4.69, 9.17) is 5.73 Å². The Bertz CT molecular complexity index is 232. The molecule has 0 aromatic rings. The molecule has 0 radical (unpaired) electrons. The molecule has 1 aliphatic heterocycles. The van der Waals surface area contributed by atoms with E-state index in [1.807, 2.05) is 7.05 Å². The van der Waals surface area contributed by atoms with Crippen LogP contribution in [0.5, 0.6) is 0 Å². The van der Waals surface area contributed by atoms with Crippen molar-refractivity contribution in [3.05, 3.63) is 0 Å². The molecule has 1 saturated heterocycles. The average molecular weight is 204 g/mol. The second-order valence-electron chi connectivity index (χ2n) is 4.73. The molecule has 0 aromatic heterocycles. The second-order valence-corrected chi connectivity index (χ2v) is 4.73. The topological polar surface area (TPSA) is 29.3 Å². The van der Waals surface area contributed by atoms with Gasteiger partial charge in [0.05, 0.1) is 5.41 Å². The SMILES string of the molecule is CN1CCCCC1C1(CN)CC1(F)F. The molecule has 1 saturated carbocycles. The number of hydrogen-bond donors (Lipinski definition) is 1. The van der Waals surface area contributed by atoms with E-state index in [0.29, 0.717) is 0 Å². The lowest BCUT2D eigenvalue weighted by molar-refractivity contribution is 0.0115. The van der Waals surface area contributed by atoms with Crippen molar-refractivity contribution in [2.75, 3.05) is 20.1 Å². The van der Waals surface area contributed by atoms with Gasteiger partial charge in [0.15, 0.2) is 0 Å². The van der Waals surface area contributed by atoms with Gasteiger partial charge >= 0.3 is 0 Å². The fourth-order valence-electron chi connectivity index (χ4n) is 2.84. The van der Waals surface area contributed by atoms with Crippen molar-refractivity contribution in [1.29, 1.82) is 0 Å². The van der Waals surface area contributed by atoms with Crippen LogP contribution in [0.4, 0.5) is 8.78 Å². The van der Waals surface area contributed by atoms with Crippen LogP contribution < -0.4 is 5.73 Å². The number of likely N-dealkylation sites (tertiary alicyclic amines) is 1. The van der Waals surface area contributed by atoms with Crippen molar-refractivity contribution in [1.82, 2.24) is 4.90 Å². The Kier molecular flexibility index (Phi) is 2.31. The van der Waals surface area contributed by atoms with E-state index in [2.05, 4.69) is 4.90 Å². The van der Waals surface area contributed by atoms with Crippen LogP contribution in [0.2, 0.25) is 0 Å². The molecule has 82 valence electrons. The molecule has 0 bridgehead atoms. The Balaban J connectivity index is 2.13. The molecule has 2 nitrogen and oxygen atoms in total. The molecule has 4 heteroatoms. The van der Waals surface area contributed by atoms with Crippen molar-refractivity contribution in [3.8, 4) is 0 Å². The lowest BCUT2D eigenvalue weighted by atomic mass is 9.87. The predicted molar refractivity (Wildman–Crippen MR) is 51.3 cm³/mol. The summed E-state index contributed by atoms with van der Waals surface area (Å²) < 4.78 is 26.6. The number of halogens is 2. The van der Waals surface area contributed by atoms with Crippen LogP contribution >= 0.6 is 0 Å². The van der Waals surface area contributed by atoms with Crippen LogP contribution in [0, 0.1) is 5.41 Å². The summed E-state index contributed by atoms with van der Waals surface area (Å²) in [6, 6.07) is -0.00347. The molecule has 2 fully saturated rings. The minimum absolute atomic E-state index is 0.00347. The zero-order valence-corrected chi connectivity index (χ0v) is 8.60. The molecule has 1 heterocycles. The summed E-state index contributed by atoms with van der Waals surface area (Å²) in [6.07, 6.45) is 3.06. The maximum Gasteiger partial charge on any atom is 0.257 e. The Labute approximate surface area is 83.4 Å². The summed E-state index contributed by atoms with van der Waals surface area (Å²) in [5.41, 5.74) is 4.63. The standard InChI is InChI=1S/C10H18F2N2/c1-14-5-3-2-4-8(14)9(7-13)6-10(9,11)12/h8H,2-7,13H2,1H3. The maximum absolute atomic E-state index is 13.3. The summed E-state index contributed by atoms with van der Waals surface area (Å²) in [5.74, 6) is -2.52. The van der Waals surface area contributed by atoms with Gasteiger partial charge in [-0.1, -0.05) is 6.42 Å². The Morgan fingerprint density at radius 3 is 2.50 bits per heavy atom. The highest BCUT2D eigenvalue weighted by Crippen LogP contribution is 2.63. The summed E-state index contributed by atoms with van der Waals surface area (Å²) in [4.78, 5) is 2.07. The molecule has 14 heavy (non-hydrogen) atoms. The van der Waals surface area contributed by atoms with Crippen molar-refractivity contribution >= 4 is 0 Å². The second kappa shape index (κ2) is 3.14. The van der Waals surface area contributed by atoms with Crippen molar-refractivity contribution in [2.24, 2.45) is 11.1 Å². The third-order valence-corrected chi connectivity index (χ3v) is 3.91. The van der Waals surface area contributed by atoms with Crippen LogP contribution in [-0.4, -0.2) is 37.0 Å². The first kappa shape index (κ1) is 10.3. The third kappa shape index (κ3) is 1.27. The lowest BCUT2D eigenvalue weighted by Gasteiger charge is -2.38. The number of nitrogens with zero attached hydrogens (tertiary/aromatic N) is 1. The van der Waals surface area contributed by atoms with E-state index in [1.54, 1.807) is 0 Å². The van der Waals surface area contributed by atoms with Crippen LogP contribution in [-0.2, 0) is 0 Å². The fraction of sp³-hybridized carbons (Fsp3) is 1.00. The van der Waals surface area contributed by atoms with Crippen LogP contribution in [0.25, 0.3) is 0 Å². The zero-order chi connectivity index (χ0) is 10.4. The van der Waals surface area contributed by atoms with Crippen LogP contribution in [0.1, 0.15) is 25.7 Å². The van der Waals surface area contributed by atoms with Crippen LogP contribution in [0.3, 0.4) is 0 Å². The van der Waals surface area contributed by atoms with Gasteiger partial charge in [-0.15, -0.1) is 0 Å². The number of piperidine rings is 1. The highest BCUT2D eigenvalue weighted by molar-refractivity contribution is 5.17. The number of alkyl halides is 2. The molecular formula is C10H18F2N2. The average Bonchev–Trinajstić information content (AvgIpc) is 2.70. The molecule has 0 aromatic carbocycles. The molecule has 1 aliphatic carbocycles. The molecule has 2 atom stereocenters. The third-order valence-electron chi connectivity index (χ3n) is 3.91. The van der Waals surface area contributed by atoms with Crippen LogP contribution in [0.15, 0.2) is 0 Å². The van der Waals surface area contributed by atoms with Gasteiger partial charge in [0.25, 0.3) is 5.92 Å². The monoisotopic (exact) mass is 204 g/mol. The quantitative estimate of drug-likeness (QED) is 0.737. The van der Waals surface area contributed by atoms with E-state index < -0.39 is 11.3 Å². The van der Waals surface area contributed by atoms with Gasteiger partial charge in [0.1, 0.15) is 0 Å². The van der Waals surface area contributed by atoms with Gasteiger partial charge in [-0.2, -0.15) is 0 Å². The van der Waals surface area contributed by atoms with E-state index >= 15 is 0 Å². The van der Waals surface area contributed by atoms with Gasteiger partial charge in [-0.25, -0.2) is 8.78 Å². The normalized spacial score (nSPS) is 42.4. The van der Waals surface area contributed by atoms with Gasteiger partial charge in [-0.3, -0.25) is 0 Å². The first-order valence-electron chi connectivity index (χ1n) is 5.32. The number of nitrogens with two attached hydrogens (primary N) is 1. The van der Waals surface area contributed by atoms with Crippen molar-refractivity contribution < 1.29 is 8.78 Å². The summed E-state index contributed by atoms with van der Waals surface area (Å²) in [6.45, 7) is 1.05. The molecular weight excluding hydrogens is 186 g/mol. The minimum atomic E-state index is -2.52. The smallest absolute Gasteiger partial charge is 0.257 e. The number of hydrogen-bond acceptors (Lipinski definition) is 2. The maximum atomic E-state index is 13.3. The Hall–Kier alpha value is -0.220. The van der Waals surface area contributed by atoms with Gasteiger partial charge in [-0.05, 0) is 26.4 Å². The lowest BCUT2D eigenvalue weighted by Crippen LogP contribution is -2.47. The predicted octanol–water partition coefficient (Wildman–Crippen LogP) is 1.45. The first-order valence-corrected chi connectivity index (χ1v) is 5.32. The van der Waals surface area contributed by atoms with Gasteiger partial charge in [0, 0.05) is 19.0 Å². The van der Waals surface area contributed by atoms with Gasteiger partial charge < -0.3 is 10.6 Å². The summed E-state index contributed by atoms with van der Waals surface area (Å²) in [5, 5.41) is 0. The van der Waals surface area contributed by atoms with Crippen molar-refractivity contribution in [3.63, 3.8) is 0 Å². The van der Waals surface area contributed by atoms with Crippen molar-refractivity contribution in [2.45, 2.75) is 37.6 Å². The summed E-state index contributed by atoms with van der Waals surface area (Å²) in [7, 11) is 1.94. The molecule has 2 aliphatic rings. The highest BCUT2D eigenvalue weighted by Gasteiger charge is 2.73. The van der Waals surface area contributed by atoms with Gasteiger partial charge in [0.2, 0.25) is 0 Å². The van der Waals surface area contributed by atoms with E-state index in [1.165, 1.54) is 0 Å². The molecule has 0 spiro atoms. The molecule has 2 unspecified atom stereocenters. The number of rotatable bonds is 2. The first-order chi connectivity index (χ1) is 6.53. The summed E-state index contributed by atoms with van der Waals surface area (Å²) >= 11 is 0. The van der Waals surface area contributed by atoms with E-state index in [9.17, 15) is 8.78 Å². The van der Waals surface area contributed by atoms with E-state index in [-0.39, 0.29) is 19.0 Å². The van der Waals surface area contributed by atoms with E-state index in [0.717, 1.165) is 25.8 Å². The molecule has 0 amide bonds. The largest absolute Gasteiger partial charge is 0.330 e. The molecule has 2 rings (SSSR count). The highest BCUT2D eigenvalue weighted by atomic mass is 19.3. The zero-order valence-electron chi connectivity index (χ0n) is 8.60. The fourth-order valence-corrected chi connectivity index (χ4v) is 2.84. The Morgan fingerprint density at radius 1 is 1.43 bits per heavy atom. The minimum Gasteiger partial charge on any atom is -0.330 e. The Morgan fingerprint density at radius 2 is 2.07 bits per heavy atom. The molecule has 2 N–H and O–H groups in total.